The number of likely N-dealkylation sites (tertiary alicyclic amines) is 1. The Labute approximate surface area is 332 Å². The molecule has 2 aromatic heterocycles. The summed E-state index contributed by atoms with van der Waals surface area (Å²) in [5.41, 5.74) is 0.748. The van der Waals surface area contributed by atoms with Crippen molar-refractivity contribution in [3.05, 3.63) is 88.7 Å². The largest absolute Gasteiger partial charge is 0.464 e. The van der Waals surface area contributed by atoms with Crippen LogP contribution in [-0.4, -0.2) is 81.1 Å². The third kappa shape index (κ3) is 9.11. The number of nitrogens with zero attached hydrogens (tertiary/aromatic N) is 6. The second kappa shape index (κ2) is 16.6. The number of amides is 2. The molecule has 1 spiro atoms. The third-order valence-electron chi connectivity index (χ3n) is 10.8. The molecular formula is C40H43ClF3N7O6. The third-order valence-corrected chi connectivity index (χ3v) is 11.1. The van der Waals surface area contributed by atoms with Gasteiger partial charge in [0, 0.05) is 48.4 Å². The highest BCUT2D eigenvalue weighted by atomic mass is 35.5. The Kier molecular flexibility index (Phi) is 11.6. The number of nitrogens with one attached hydrogen (secondary N) is 1. The Morgan fingerprint density at radius 3 is 2.42 bits per heavy atom. The number of hydrogen-bond acceptors (Lipinski definition) is 10. The smallest absolute Gasteiger partial charge is 0.429 e. The molecule has 2 aliphatic heterocycles. The molecule has 4 aromatic rings. The number of ether oxygens (including phenoxy) is 3. The van der Waals surface area contributed by atoms with Gasteiger partial charge in [-0.2, -0.15) is 28.2 Å². The number of rotatable bonds is 11. The number of hydrogen-bond donors (Lipinski definition) is 1. The van der Waals surface area contributed by atoms with Gasteiger partial charge in [0.2, 0.25) is 23.8 Å². The van der Waals surface area contributed by atoms with Gasteiger partial charge in [-0.3, -0.25) is 15.0 Å². The lowest BCUT2D eigenvalue weighted by Crippen LogP contribution is -2.43. The van der Waals surface area contributed by atoms with E-state index in [9.17, 15) is 27.6 Å². The molecule has 57 heavy (non-hydrogen) atoms. The highest BCUT2D eigenvalue weighted by Crippen LogP contribution is 2.46. The zero-order chi connectivity index (χ0) is 40.3. The van der Waals surface area contributed by atoms with E-state index in [0.29, 0.717) is 50.9 Å². The predicted octanol–water partition coefficient (Wildman–Crippen LogP) is 7.61. The summed E-state index contributed by atoms with van der Waals surface area (Å²) in [6.45, 7) is 4.61. The average Bonchev–Trinajstić information content (AvgIpc) is 3.76. The van der Waals surface area contributed by atoms with Crippen LogP contribution in [0.5, 0.6) is 5.88 Å². The Hall–Kier alpha value is -5.38. The Balaban J connectivity index is 1.14. The molecule has 0 bridgehead atoms. The lowest BCUT2D eigenvalue weighted by molar-refractivity contribution is -0.198. The first kappa shape index (κ1) is 39.8. The number of carbonyl (C=O) groups excluding carboxylic acids is 3. The molecule has 1 aliphatic carbocycles. The SMILES string of the molecule is CCOC(=O)C1CC2(CCN(c3cc(O[C@H](c4ccc(Cl)cc4-n4ccc(C)n4)C(F)(F)F)nc(NC(=O)C4CCC4)n3)CC2)CN1C(=O)OCc1ccccc1. The summed E-state index contributed by atoms with van der Waals surface area (Å²) < 4.78 is 62.9. The van der Waals surface area contributed by atoms with Crippen LogP contribution in [0.4, 0.5) is 29.7 Å². The normalized spacial score (nSPS) is 18.5. The summed E-state index contributed by atoms with van der Waals surface area (Å²) in [7, 11) is 0. The molecule has 2 atom stereocenters. The van der Waals surface area contributed by atoms with Crippen molar-refractivity contribution in [1.29, 1.82) is 0 Å². The van der Waals surface area contributed by atoms with Crippen molar-refractivity contribution >= 4 is 41.3 Å². The van der Waals surface area contributed by atoms with Crippen LogP contribution in [0.15, 0.2) is 66.9 Å². The molecule has 302 valence electrons. The summed E-state index contributed by atoms with van der Waals surface area (Å²) in [5, 5.41) is 7.20. The number of esters is 1. The van der Waals surface area contributed by atoms with Crippen molar-refractivity contribution in [2.45, 2.75) is 77.3 Å². The Bertz CT molecular complexity index is 2090. The van der Waals surface area contributed by atoms with Crippen LogP contribution < -0.4 is 15.0 Å². The van der Waals surface area contributed by atoms with E-state index in [-0.39, 0.29) is 59.6 Å². The van der Waals surface area contributed by atoms with E-state index in [0.717, 1.165) is 12.0 Å². The minimum absolute atomic E-state index is 0.0433. The second-order valence-corrected chi connectivity index (χ2v) is 15.2. The zero-order valence-corrected chi connectivity index (χ0v) is 32.3. The van der Waals surface area contributed by atoms with Crippen LogP contribution >= 0.6 is 11.6 Å². The summed E-state index contributed by atoms with van der Waals surface area (Å²) in [4.78, 5) is 51.7. The molecule has 1 N–H and O–H groups in total. The standard InChI is InChI=1S/C40H43ClF3N7O6/c1-3-55-36(53)31-22-39(24-50(31)38(54)56-23-26-8-5-4-6-9-26)15-18-49(19-16-39)32-21-33(46-37(45-32)47-35(52)27-10-7-11-27)57-34(40(42,43)44)29-13-12-28(41)20-30(29)51-17-14-25(2)48-51/h4-6,8-9,12-14,17,20-21,27,31,34H,3,7,10-11,15-16,18-19,22-24H2,1-2H3,(H,45,46,47,52)/t31?,34-/m1/s1. The van der Waals surface area contributed by atoms with E-state index in [1.165, 1.54) is 40.0 Å². The topological polar surface area (TPSA) is 141 Å². The minimum atomic E-state index is -4.91. The van der Waals surface area contributed by atoms with Gasteiger partial charge in [-0.15, -0.1) is 0 Å². The van der Waals surface area contributed by atoms with E-state index in [2.05, 4.69) is 20.4 Å². The summed E-state index contributed by atoms with van der Waals surface area (Å²) in [5.74, 6) is -1.42. The summed E-state index contributed by atoms with van der Waals surface area (Å²) >= 11 is 6.24. The molecule has 7 rings (SSSR count). The van der Waals surface area contributed by atoms with Crippen molar-refractivity contribution in [3.63, 3.8) is 0 Å². The van der Waals surface area contributed by atoms with Crippen molar-refractivity contribution < 1.29 is 41.8 Å². The molecule has 2 amide bonds. The van der Waals surface area contributed by atoms with Crippen molar-refractivity contribution in [3.8, 4) is 11.6 Å². The predicted molar refractivity (Wildman–Crippen MR) is 203 cm³/mol. The number of aryl methyl sites for hydroxylation is 1. The maximum atomic E-state index is 15.0. The Morgan fingerprint density at radius 1 is 1.02 bits per heavy atom. The highest BCUT2D eigenvalue weighted by molar-refractivity contribution is 6.30. The number of anilines is 2. The van der Waals surface area contributed by atoms with Crippen LogP contribution in [0.3, 0.4) is 0 Å². The monoisotopic (exact) mass is 809 g/mol. The van der Waals surface area contributed by atoms with E-state index in [4.69, 9.17) is 25.8 Å². The molecule has 13 nitrogen and oxygen atoms in total. The number of carbonyl (C=O) groups is 3. The van der Waals surface area contributed by atoms with E-state index >= 15 is 0 Å². The van der Waals surface area contributed by atoms with Crippen LogP contribution in [0, 0.1) is 18.3 Å². The van der Waals surface area contributed by atoms with E-state index < -0.39 is 41.7 Å². The van der Waals surface area contributed by atoms with Gasteiger partial charge in [0.15, 0.2) is 0 Å². The van der Waals surface area contributed by atoms with Crippen LogP contribution in [0.2, 0.25) is 5.02 Å². The van der Waals surface area contributed by atoms with Gasteiger partial charge in [-0.05, 0) is 75.1 Å². The maximum absolute atomic E-state index is 15.0. The van der Waals surface area contributed by atoms with E-state index in [1.807, 2.05) is 35.2 Å². The molecule has 3 fully saturated rings. The minimum Gasteiger partial charge on any atom is -0.464 e. The van der Waals surface area contributed by atoms with Gasteiger partial charge in [-0.1, -0.05) is 54.4 Å². The summed E-state index contributed by atoms with van der Waals surface area (Å²) in [6.07, 6.45) is -2.84. The number of alkyl halides is 3. The van der Waals surface area contributed by atoms with Gasteiger partial charge >= 0.3 is 18.2 Å². The highest BCUT2D eigenvalue weighted by Gasteiger charge is 2.51. The maximum Gasteiger partial charge on any atom is 0.429 e. The number of aromatic nitrogens is 4. The van der Waals surface area contributed by atoms with Gasteiger partial charge in [0.25, 0.3) is 0 Å². The first-order valence-electron chi connectivity index (χ1n) is 19.0. The van der Waals surface area contributed by atoms with Gasteiger partial charge in [-0.25, -0.2) is 14.3 Å². The molecule has 0 radical (unpaired) electrons. The number of benzene rings is 2. The van der Waals surface area contributed by atoms with Gasteiger partial charge < -0.3 is 19.1 Å². The van der Waals surface area contributed by atoms with Crippen LogP contribution in [0.25, 0.3) is 5.69 Å². The van der Waals surface area contributed by atoms with Crippen molar-refractivity contribution in [2.75, 3.05) is 36.5 Å². The van der Waals surface area contributed by atoms with Gasteiger partial charge in [0.05, 0.1) is 18.0 Å². The Morgan fingerprint density at radius 2 is 1.77 bits per heavy atom. The first-order chi connectivity index (χ1) is 27.3. The van der Waals surface area contributed by atoms with Crippen molar-refractivity contribution in [1.82, 2.24) is 24.6 Å². The summed E-state index contributed by atoms with van der Waals surface area (Å²) in [6, 6.07) is 15.3. The average molecular weight is 810 g/mol. The quantitative estimate of drug-likeness (QED) is 0.151. The molecular weight excluding hydrogens is 767 g/mol. The van der Waals surface area contributed by atoms with Crippen molar-refractivity contribution in [2.24, 2.45) is 11.3 Å². The number of halogens is 4. The molecule has 3 aliphatic rings. The van der Waals surface area contributed by atoms with Gasteiger partial charge in [0.1, 0.15) is 18.5 Å². The molecule has 1 unspecified atom stereocenters. The number of piperidine rings is 1. The molecule has 2 aromatic carbocycles. The fourth-order valence-electron chi connectivity index (χ4n) is 7.56. The lowest BCUT2D eigenvalue weighted by Gasteiger charge is -2.39. The molecule has 1 saturated carbocycles. The first-order valence-corrected chi connectivity index (χ1v) is 19.3. The zero-order valence-electron chi connectivity index (χ0n) is 31.5. The van der Waals surface area contributed by atoms with Crippen LogP contribution in [-0.2, 0) is 25.7 Å². The molecule has 4 heterocycles. The second-order valence-electron chi connectivity index (χ2n) is 14.8. The fraction of sp³-hybridized carbons (Fsp3) is 0.450. The van der Waals surface area contributed by atoms with Crippen LogP contribution in [0.1, 0.15) is 68.4 Å². The molecule has 2 saturated heterocycles. The molecule has 17 heteroatoms. The lowest BCUT2D eigenvalue weighted by atomic mass is 9.76. The fourth-order valence-corrected chi connectivity index (χ4v) is 7.73. The van der Waals surface area contributed by atoms with E-state index in [1.54, 1.807) is 19.9 Å².